The number of allylic oxidation sites excluding steroid dienone is 3. The number of hydrogen-bond donors (Lipinski definition) is 0. The van der Waals surface area contributed by atoms with Gasteiger partial charge in [-0.3, -0.25) is 0 Å². The SMILES string of the molecule is C1=C2Oc3ccccc3C3(C2=CCC1)c1ccccc1Oc1c(-c2cc(-c4ccccc4)cc(-c4ccccc4)c2)cccc13. The van der Waals surface area contributed by atoms with Gasteiger partial charge in [0, 0.05) is 27.8 Å². The third kappa shape index (κ3) is 3.96. The van der Waals surface area contributed by atoms with Crippen molar-refractivity contribution < 1.29 is 9.47 Å². The van der Waals surface area contributed by atoms with Gasteiger partial charge in [-0.1, -0.05) is 121 Å². The summed E-state index contributed by atoms with van der Waals surface area (Å²) in [7, 11) is 0. The summed E-state index contributed by atoms with van der Waals surface area (Å²) < 4.78 is 13.6. The van der Waals surface area contributed by atoms with Crippen LogP contribution in [-0.4, -0.2) is 0 Å². The number of fused-ring (bicyclic) bond motifs is 8. The molecule has 0 radical (unpaired) electrons. The van der Waals surface area contributed by atoms with Crippen molar-refractivity contribution in [3.05, 3.63) is 186 Å². The summed E-state index contributed by atoms with van der Waals surface area (Å²) in [6, 6.07) is 51.8. The van der Waals surface area contributed by atoms with E-state index in [-0.39, 0.29) is 0 Å². The van der Waals surface area contributed by atoms with E-state index in [2.05, 4.69) is 158 Å². The predicted molar refractivity (Wildman–Crippen MR) is 182 cm³/mol. The maximum absolute atomic E-state index is 6.99. The van der Waals surface area contributed by atoms with E-state index in [9.17, 15) is 0 Å². The Labute approximate surface area is 263 Å². The van der Waals surface area contributed by atoms with Crippen LogP contribution >= 0.6 is 0 Å². The second-order valence-corrected chi connectivity index (χ2v) is 11.9. The summed E-state index contributed by atoms with van der Waals surface area (Å²) in [6.07, 6.45) is 6.58. The van der Waals surface area contributed by atoms with Crippen molar-refractivity contribution in [3.63, 3.8) is 0 Å². The molecule has 9 rings (SSSR count). The minimum Gasteiger partial charge on any atom is -0.457 e. The first-order valence-corrected chi connectivity index (χ1v) is 15.7. The van der Waals surface area contributed by atoms with Crippen molar-refractivity contribution in [2.24, 2.45) is 0 Å². The predicted octanol–water partition coefficient (Wildman–Crippen LogP) is 11.1. The van der Waals surface area contributed by atoms with Gasteiger partial charge in [0.2, 0.25) is 0 Å². The highest BCUT2D eigenvalue weighted by molar-refractivity contribution is 5.86. The molecule has 45 heavy (non-hydrogen) atoms. The zero-order valence-electron chi connectivity index (χ0n) is 24.7. The Bertz CT molecular complexity index is 2100. The molecule has 1 atom stereocenters. The highest BCUT2D eigenvalue weighted by Crippen LogP contribution is 2.62. The maximum Gasteiger partial charge on any atom is 0.140 e. The molecular weight excluding hydrogens is 548 g/mol. The lowest BCUT2D eigenvalue weighted by molar-refractivity contribution is 0.363. The minimum absolute atomic E-state index is 0.569. The molecule has 2 heterocycles. The molecule has 0 amide bonds. The molecule has 1 aliphatic carbocycles. The number of para-hydroxylation sites is 3. The third-order valence-corrected chi connectivity index (χ3v) is 9.41. The van der Waals surface area contributed by atoms with Gasteiger partial charge in [-0.25, -0.2) is 0 Å². The van der Waals surface area contributed by atoms with Crippen molar-refractivity contribution in [1.82, 2.24) is 0 Å². The van der Waals surface area contributed by atoms with Crippen molar-refractivity contribution in [3.8, 4) is 50.6 Å². The monoisotopic (exact) mass is 578 g/mol. The van der Waals surface area contributed by atoms with Gasteiger partial charge in [0.15, 0.2) is 0 Å². The first kappa shape index (κ1) is 25.9. The number of benzene rings is 6. The molecule has 1 spiro atoms. The fourth-order valence-electron chi connectivity index (χ4n) is 7.46. The van der Waals surface area contributed by atoms with Gasteiger partial charge >= 0.3 is 0 Å². The van der Waals surface area contributed by atoms with Gasteiger partial charge in [0.25, 0.3) is 0 Å². The van der Waals surface area contributed by atoms with E-state index in [4.69, 9.17) is 9.47 Å². The molecule has 3 aliphatic rings. The maximum atomic E-state index is 6.99. The zero-order valence-corrected chi connectivity index (χ0v) is 24.7. The van der Waals surface area contributed by atoms with Gasteiger partial charge < -0.3 is 9.47 Å². The van der Waals surface area contributed by atoms with Crippen molar-refractivity contribution in [1.29, 1.82) is 0 Å². The van der Waals surface area contributed by atoms with Gasteiger partial charge in [-0.2, -0.15) is 0 Å². The third-order valence-electron chi connectivity index (χ3n) is 9.41. The molecule has 0 aromatic heterocycles. The van der Waals surface area contributed by atoms with Crippen molar-refractivity contribution >= 4 is 0 Å². The topological polar surface area (TPSA) is 18.5 Å². The molecule has 0 fully saturated rings. The summed E-state index contributed by atoms with van der Waals surface area (Å²) in [4.78, 5) is 0. The summed E-state index contributed by atoms with van der Waals surface area (Å²) in [5.74, 6) is 3.61. The Hall–Kier alpha value is -5.60. The van der Waals surface area contributed by atoms with Crippen molar-refractivity contribution in [2.75, 3.05) is 0 Å². The van der Waals surface area contributed by atoms with Gasteiger partial charge in [0.1, 0.15) is 23.0 Å². The Morgan fingerprint density at radius 3 is 1.62 bits per heavy atom. The Morgan fingerprint density at radius 1 is 0.422 bits per heavy atom. The molecule has 0 N–H and O–H groups in total. The Balaban J connectivity index is 1.35. The first-order valence-electron chi connectivity index (χ1n) is 15.7. The Kier molecular flexibility index (Phi) is 5.89. The van der Waals surface area contributed by atoms with E-state index in [1.54, 1.807) is 0 Å². The van der Waals surface area contributed by atoms with Crippen LogP contribution in [0.3, 0.4) is 0 Å². The average Bonchev–Trinajstić information content (AvgIpc) is 3.12. The second kappa shape index (κ2) is 10.2. The zero-order chi connectivity index (χ0) is 29.8. The van der Waals surface area contributed by atoms with Crippen LogP contribution in [0.2, 0.25) is 0 Å². The van der Waals surface area contributed by atoms with Crippen LogP contribution in [0.4, 0.5) is 0 Å². The fourth-order valence-corrected chi connectivity index (χ4v) is 7.46. The van der Waals surface area contributed by atoms with Gasteiger partial charge in [-0.05, 0) is 77.1 Å². The molecule has 6 aromatic carbocycles. The first-order chi connectivity index (χ1) is 22.3. The second-order valence-electron chi connectivity index (χ2n) is 11.9. The molecule has 214 valence electrons. The van der Waals surface area contributed by atoms with Crippen LogP contribution in [0.15, 0.2) is 169 Å². The van der Waals surface area contributed by atoms with E-state index in [1.165, 1.54) is 27.8 Å². The van der Waals surface area contributed by atoms with E-state index in [1.807, 2.05) is 0 Å². The molecule has 6 aromatic rings. The fraction of sp³-hybridized carbons (Fsp3) is 0.0698. The quantitative estimate of drug-likeness (QED) is 0.208. The van der Waals surface area contributed by atoms with Crippen LogP contribution in [0.25, 0.3) is 33.4 Å². The lowest BCUT2D eigenvalue weighted by Gasteiger charge is -2.47. The highest BCUT2D eigenvalue weighted by atomic mass is 16.5. The van der Waals surface area contributed by atoms with Crippen LogP contribution < -0.4 is 9.47 Å². The van der Waals surface area contributed by atoms with Crippen LogP contribution in [0.5, 0.6) is 17.2 Å². The summed E-state index contributed by atoms with van der Waals surface area (Å²) >= 11 is 0. The largest absolute Gasteiger partial charge is 0.457 e. The van der Waals surface area contributed by atoms with E-state index in [0.29, 0.717) is 0 Å². The highest BCUT2D eigenvalue weighted by Gasteiger charge is 2.52. The molecule has 0 bridgehead atoms. The molecule has 2 aliphatic heterocycles. The van der Waals surface area contributed by atoms with Gasteiger partial charge in [0.05, 0.1) is 5.41 Å². The smallest absolute Gasteiger partial charge is 0.140 e. The van der Waals surface area contributed by atoms with E-state index in [0.717, 1.165) is 63.7 Å². The molecule has 2 nitrogen and oxygen atoms in total. The lowest BCUT2D eigenvalue weighted by atomic mass is 9.60. The van der Waals surface area contributed by atoms with Crippen molar-refractivity contribution in [2.45, 2.75) is 18.3 Å². The average molecular weight is 579 g/mol. The molecule has 0 saturated heterocycles. The molecule has 0 saturated carbocycles. The van der Waals surface area contributed by atoms with Crippen LogP contribution in [0, 0.1) is 0 Å². The van der Waals surface area contributed by atoms with E-state index >= 15 is 0 Å². The lowest BCUT2D eigenvalue weighted by Crippen LogP contribution is -2.40. The summed E-state index contributed by atoms with van der Waals surface area (Å²) in [5.41, 5.74) is 11.0. The minimum atomic E-state index is -0.569. The number of rotatable bonds is 3. The molecule has 1 unspecified atom stereocenters. The Morgan fingerprint density at radius 2 is 0.956 bits per heavy atom. The standard InChI is InChI=1S/C43H30O2/c1-3-14-29(15-4-1)31-26-32(30-16-5-2-6-17-30)28-33(27-31)34-18-13-22-38-42(34)45-41-25-12-9-21-37(41)43(38)35-19-7-10-23-39(35)44-40-24-11-8-20-36(40)43/h1-7,9-10,12-28H,8,11H2. The van der Waals surface area contributed by atoms with E-state index < -0.39 is 5.41 Å². The summed E-state index contributed by atoms with van der Waals surface area (Å²) in [6.45, 7) is 0. The van der Waals surface area contributed by atoms with Gasteiger partial charge in [-0.15, -0.1) is 0 Å². The van der Waals surface area contributed by atoms with Crippen LogP contribution in [-0.2, 0) is 5.41 Å². The number of hydrogen-bond acceptors (Lipinski definition) is 2. The van der Waals surface area contributed by atoms with Crippen LogP contribution in [0.1, 0.15) is 29.5 Å². The molecule has 2 heteroatoms. The number of ether oxygens (including phenoxy) is 2. The summed E-state index contributed by atoms with van der Waals surface area (Å²) in [5, 5.41) is 0. The normalized spacial score (nSPS) is 17.4. The molecular formula is C43H30O2.